The van der Waals surface area contributed by atoms with Gasteiger partial charge in [0.05, 0.1) is 12.6 Å². The maximum atomic E-state index is 14.1. The minimum absolute atomic E-state index is 0.160. The number of fused-ring (bicyclic) bond motifs is 1. The molecule has 0 bridgehead atoms. The van der Waals surface area contributed by atoms with E-state index in [2.05, 4.69) is 10.3 Å². The highest BCUT2D eigenvalue weighted by molar-refractivity contribution is 5.91. The number of benzene rings is 2. The SMILES string of the molecule is COc1ccc(C=CC(=O)NCCc2c(C)[nH]c3c(F)ccc(F)c23)cc1. The van der Waals surface area contributed by atoms with Gasteiger partial charge in [0.15, 0.2) is 0 Å². The molecule has 0 aliphatic carbocycles. The second-order valence-electron chi connectivity index (χ2n) is 6.16. The Morgan fingerprint density at radius 2 is 1.85 bits per heavy atom. The van der Waals surface area contributed by atoms with Crippen LogP contribution in [0.4, 0.5) is 8.78 Å². The molecule has 0 aliphatic rings. The molecule has 0 unspecified atom stereocenters. The van der Waals surface area contributed by atoms with E-state index in [0.717, 1.165) is 23.4 Å². The third kappa shape index (κ3) is 4.16. The molecular formula is C21H20F2N2O2. The fourth-order valence-corrected chi connectivity index (χ4v) is 2.99. The molecular weight excluding hydrogens is 350 g/mol. The van der Waals surface area contributed by atoms with Crippen molar-refractivity contribution in [3.63, 3.8) is 0 Å². The summed E-state index contributed by atoms with van der Waals surface area (Å²) in [7, 11) is 1.59. The number of hydrogen-bond acceptors (Lipinski definition) is 2. The molecule has 6 heteroatoms. The van der Waals surface area contributed by atoms with Crippen LogP contribution in [0.15, 0.2) is 42.5 Å². The van der Waals surface area contributed by atoms with Gasteiger partial charge >= 0.3 is 0 Å². The molecule has 0 saturated carbocycles. The number of aryl methyl sites for hydroxylation is 1. The molecule has 2 N–H and O–H groups in total. The molecule has 0 fully saturated rings. The summed E-state index contributed by atoms with van der Waals surface area (Å²) in [5.41, 5.74) is 2.39. The highest BCUT2D eigenvalue weighted by Crippen LogP contribution is 2.27. The van der Waals surface area contributed by atoms with Crippen LogP contribution in [0.1, 0.15) is 16.8 Å². The molecule has 1 amide bonds. The van der Waals surface area contributed by atoms with E-state index in [1.54, 1.807) is 20.1 Å². The number of carbonyl (C=O) groups excluding carboxylic acids is 1. The van der Waals surface area contributed by atoms with Gasteiger partial charge in [0.1, 0.15) is 17.4 Å². The molecule has 27 heavy (non-hydrogen) atoms. The van der Waals surface area contributed by atoms with E-state index in [0.29, 0.717) is 24.2 Å². The minimum atomic E-state index is -0.493. The van der Waals surface area contributed by atoms with Crippen molar-refractivity contribution in [1.29, 1.82) is 0 Å². The van der Waals surface area contributed by atoms with Gasteiger partial charge in [-0.05, 0) is 54.8 Å². The second-order valence-corrected chi connectivity index (χ2v) is 6.16. The van der Waals surface area contributed by atoms with Gasteiger partial charge in [0.2, 0.25) is 5.91 Å². The van der Waals surface area contributed by atoms with Crippen LogP contribution in [0, 0.1) is 18.6 Å². The van der Waals surface area contributed by atoms with E-state index >= 15 is 0 Å². The zero-order valence-corrected chi connectivity index (χ0v) is 15.1. The van der Waals surface area contributed by atoms with Gasteiger partial charge in [0.25, 0.3) is 0 Å². The van der Waals surface area contributed by atoms with Crippen LogP contribution < -0.4 is 10.1 Å². The van der Waals surface area contributed by atoms with Crippen LogP contribution in [-0.2, 0) is 11.2 Å². The number of H-pyrrole nitrogens is 1. The molecule has 1 aromatic heterocycles. The Hall–Kier alpha value is -3.15. The Morgan fingerprint density at radius 1 is 1.15 bits per heavy atom. The van der Waals surface area contributed by atoms with Crippen molar-refractivity contribution in [2.45, 2.75) is 13.3 Å². The molecule has 3 rings (SSSR count). The average molecular weight is 370 g/mol. The maximum Gasteiger partial charge on any atom is 0.244 e. The number of nitrogens with one attached hydrogen (secondary N) is 2. The molecule has 2 aromatic carbocycles. The fourth-order valence-electron chi connectivity index (χ4n) is 2.99. The van der Waals surface area contributed by atoms with Crippen molar-refractivity contribution in [3.05, 3.63) is 70.9 Å². The number of aromatic amines is 1. The number of ether oxygens (including phenoxy) is 1. The monoisotopic (exact) mass is 370 g/mol. The number of hydrogen-bond donors (Lipinski definition) is 2. The van der Waals surface area contributed by atoms with Gasteiger partial charge in [-0.15, -0.1) is 0 Å². The molecule has 4 nitrogen and oxygen atoms in total. The van der Waals surface area contributed by atoms with E-state index in [1.807, 2.05) is 24.3 Å². The second kappa shape index (κ2) is 8.03. The number of methoxy groups -OCH3 is 1. The molecule has 3 aromatic rings. The Bertz CT molecular complexity index is 992. The lowest BCUT2D eigenvalue weighted by atomic mass is 10.1. The summed E-state index contributed by atoms with van der Waals surface area (Å²) in [6, 6.07) is 9.52. The molecule has 0 saturated heterocycles. The van der Waals surface area contributed by atoms with Gasteiger partial charge in [-0.3, -0.25) is 4.79 Å². The highest BCUT2D eigenvalue weighted by Gasteiger charge is 2.15. The quantitative estimate of drug-likeness (QED) is 0.641. The highest BCUT2D eigenvalue weighted by atomic mass is 19.1. The summed E-state index contributed by atoms with van der Waals surface area (Å²) in [6.07, 6.45) is 3.53. The summed E-state index contributed by atoms with van der Waals surface area (Å²) < 4.78 is 33.0. The van der Waals surface area contributed by atoms with Crippen LogP contribution in [0.25, 0.3) is 17.0 Å². The zero-order valence-electron chi connectivity index (χ0n) is 15.1. The topological polar surface area (TPSA) is 54.1 Å². The first-order valence-corrected chi connectivity index (χ1v) is 8.54. The van der Waals surface area contributed by atoms with Crippen molar-refractivity contribution >= 4 is 22.9 Å². The van der Waals surface area contributed by atoms with E-state index in [1.165, 1.54) is 6.08 Å². The zero-order chi connectivity index (χ0) is 19.4. The van der Waals surface area contributed by atoms with Crippen molar-refractivity contribution in [2.75, 3.05) is 13.7 Å². The first-order valence-electron chi connectivity index (χ1n) is 8.54. The number of halogens is 2. The van der Waals surface area contributed by atoms with Gasteiger partial charge in [-0.25, -0.2) is 8.78 Å². The van der Waals surface area contributed by atoms with Crippen LogP contribution in [-0.4, -0.2) is 24.5 Å². The summed E-state index contributed by atoms with van der Waals surface area (Å²) in [6.45, 7) is 2.08. The van der Waals surface area contributed by atoms with E-state index in [-0.39, 0.29) is 16.8 Å². The summed E-state index contributed by atoms with van der Waals surface area (Å²) >= 11 is 0. The largest absolute Gasteiger partial charge is 0.497 e. The van der Waals surface area contributed by atoms with Crippen molar-refractivity contribution in [2.24, 2.45) is 0 Å². The van der Waals surface area contributed by atoms with E-state index in [4.69, 9.17) is 4.74 Å². The van der Waals surface area contributed by atoms with Gasteiger partial charge in [0, 0.05) is 23.7 Å². The number of aromatic nitrogens is 1. The Kier molecular flexibility index (Phi) is 5.54. The third-order valence-electron chi connectivity index (χ3n) is 4.39. The smallest absolute Gasteiger partial charge is 0.244 e. The third-order valence-corrected chi connectivity index (χ3v) is 4.39. The predicted octanol–water partition coefficient (Wildman–Crippen LogP) is 4.14. The summed E-state index contributed by atoms with van der Waals surface area (Å²) in [4.78, 5) is 14.9. The van der Waals surface area contributed by atoms with Crippen LogP contribution >= 0.6 is 0 Å². The van der Waals surface area contributed by atoms with Crippen molar-refractivity contribution in [1.82, 2.24) is 10.3 Å². The molecule has 140 valence electrons. The number of carbonyl (C=O) groups is 1. The Balaban J connectivity index is 1.62. The fraction of sp³-hybridized carbons (Fsp3) is 0.190. The molecule has 1 heterocycles. The molecule has 0 spiro atoms. The van der Waals surface area contributed by atoms with Crippen molar-refractivity contribution in [3.8, 4) is 5.75 Å². The first-order chi connectivity index (χ1) is 13.0. The number of rotatable bonds is 6. The predicted molar refractivity (Wildman–Crippen MR) is 102 cm³/mol. The van der Waals surface area contributed by atoms with Crippen LogP contribution in [0.5, 0.6) is 5.75 Å². The van der Waals surface area contributed by atoms with Crippen LogP contribution in [0.2, 0.25) is 0 Å². The lowest BCUT2D eigenvalue weighted by Crippen LogP contribution is -2.23. The standard InChI is InChI=1S/C21H20F2N2O2/c1-13-16(20-17(22)8-9-18(23)21(20)25-13)11-12-24-19(26)10-5-14-3-6-15(27-2)7-4-14/h3-10,25H,11-12H2,1-2H3,(H,24,26). The first kappa shape index (κ1) is 18.6. The Morgan fingerprint density at radius 3 is 2.56 bits per heavy atom. The summed E-state index contributed by atoms with van der Waals surface area (Å²) in [5, 5.41) is 3.01. The van der Waals surface area contributed by atoms with Gasteiger partial charge < -0.3 is 15.0 Å². The normalized spacial score (nSPS) is 11.3. The van der Waals surface area contributed by atoms with Gasteiger partial charge in [-0.1, -0.05) is 12.1 Å². The number of amides is 1. The van der Waals surface area contributed by atoms with Crippen LogP contribution in [0.3, 0.4) is 0 Å². The minimum Gasteiger partial charge on any atom is -0.497 e. The summed E-state index contributed by atoms with van der Waals surface area (Å²) in [5.74, 6) is -0.479. The molecule has 0 aliphatic heterocycles. The van der Waals surface area contributed by atoms with E-state index < -0.39 is 11.6 Å². The molecule has 0 radical (unpaired) electrons. The van der Waals surface area contributed by atoms with Gasteiger partial charge in [-0.2, -0.15) is 0 Å². The molecule has 0 atom stereocenters. The van der Waals surface area contributed by atoms with E-state index in [9.17, 15) is 13.6 Å². The average Bonchev–Trinajstić information content (AvgIpc) is 3.01. The lowest BCUT2D eigenvalue weighted by Gasteiger charge is -2.04. The lowest BCUT2D eigenvalue weighted by molar-refractivity contribution is -0.116. The van der Waals surface area contributed by atoms with Crippen molar-refractivity contribution < 1.29 is 18.3 Å². The Labute approximate surface area is 155 Å². The maximum absolute atomic E-state index is 14.1.